The van der Waals surface area contributed by atoms with E-state index in [2.05, 4.69) is 24.4 Å². The van der Waals surface area contributed by atoms with Crippen LogP contribution in [0.25, 0.3) is 0 Å². The topological polar surface area (TPSA) is 58.4 Å². The van der Waals surface area contributed by atoms with Gasteiger partial charge in [-0.2, -0.15) is 0 Å². The summed E-state index contributed by atoms with van der Waals surface area (Å²) >= 11 is 0. The third-order valence-electron chi connectivity index (χ3n) is 3.25. The molecule has 0 aliphatic carbocycles. The van der Waals surface area contributed by atoms with E-state index in [0.717, 1.165) is 24.9 Å². The first kappa shape index (κ1) is 16.7. The van der Waals surface area contributed by atoms with E-state index < -0.39 is 0 Å². The molecule has 0 fully saturated rings. The van der Waals surface area contributed by atoms with Crippen LogP contribution >= 0.6 is 0 Å². The number of nitrogens with zero attached hydrogens (tertiary/aromatic N) is 1. The van der Waals surface area contributed by atoms with E-state index >= 15 is 0 Å². The molecule has 0 aliphatic heterocycles. The van der Waals surface area contributed by atoms with Gasteiger partial charge in [-0.05, 0) is 31.5 Å². The van der Waals surface area contributed by atoms with Crippen LogP contribution in [0.15, 0.2) is 24.3 Å². The Kier molecular flexibility index (Phi) is 7.26. The molecule has 0 saturated heterocycles. The summed E-state index contributed by atoms with van der Waals surface area (Å²) in [6.07, 6.45) is 2.11. The number of likely N-dealkylation sites (N-methyl/N-ethyl adjacent to an activating group) is 1. The first-order chi connectivity index (χ1) is 9.55. The van der Waals surface area contributed by atoms with E-state index in [0.29, 0.717) is 13.1 Å². The Hall–Kier alpha value is -1.39. The number of benzene rings is 1. The summed E-state index contributed by atoms with van der Waals surface area (Å²) in [6, 6.07) is 8.45. The molecule has 1 atom stereocenters. The van der Waals surface area contributed by atoms with Crippen LogP contribution in [0.5, 0.6) is 0 Å². The monoisotopic (exact) mass is 277 g/mol. The van der Waals surface area contributed by atoms with Gasteiger partial charge < -0.3 is 11.1 Å². The highest BCUT2D eigenvalue weighted by atomic mass is 16.2. The molecule has 1 unspecified atom stereocenters. The van der Waals surface area contributed by atoms with Crippen LogP contribution in [-0.4, -0.2) is 30.4 Å². The van der Waals surface area contributed by atoms with E-state index in [9.17, 15) is 4.79 Å². The summed E-state index contributed by atoms with van der Waals surface area (Å²) in [5, 5.41) is 3.02. The molecule has 112 valence electrons. The van der Waals surface area contributed by atoms with E-state index in [1.165, 1.54) is 5.56 Å². The molecule has 1 aromatic carbocycles. The number of carbonyl (C=O) groups is 1. The van der Waals surface area contributed by atoms with Gasteiger partial charge >= 0.3 is 0 Å². The Labute approximate surface area is 122 Å². The molecule has 0 aliphatic rings. The van der Waals surface area contributed by atoms with E-state index in [4.69, 9.17) is 5.73 Å². The second-order valence-electron chi connectivity index (χ2n) is 5.45. The zero-order chi connectivity index (χ0) is 15.0. The maximum atomic E-state index is 11.9. The van der Waals surface area contributed by atoms with Crippen molar-refractivity contribution in [1.29, 1.82) is 0 Å². The number of hydrogen-bond donors (Lipinski definition) is 2. The molecule has 0 heterocycles. The van der Waals surface area contributed by atoms with Gasteiger partial charge in [0.1, 0.15) is 0 Å². The van der Waals surface area contributed by atoms with Crippen LogP contribution in [0.3, 0.4) is 0 Å². The lowest BCUT2D eigenvalue weighted by Crippen LogP contribution is -2.39. The molecule has 0 radical (unpaired) electrons. The van der Waals surface area contributed by atoms with Crippen molar-refractivity contribution in [3.8, 4) is 0 Å². The summed E-state index contributed by atoms with van der Waals surface area (Å²) in [5.41, 5.74) is 7.90. The Balaban J connectivity index is 2.38. The Morgan fingerprint density at radius 3 is 2.45 bits per heavy atom. The van der Waals surface area contributed by atoms with Crippen molar-refractivity contribution < 1.29 is 4.79 Å². The lowest BCUT2D eigenvalue weighted by molar-refractivity contribution is -0.122. The van der Waals surface area contributed by atoms with Crippen LogP contribution in [0.2, 0.25) is 0 Å². The van der Waals surface area contributed by atoms with Crippen molar-refractivity contribution in [3.05, 3.63) is 35.4 Å². The highest BCUT2D eigenvalue weighted by Crippen LogP contribution is 2.06. The molecular weight excluding hydrogens is 250 g/mol. The predicted octanol–water partition coefficient (Wildman–Crippen LogP) is 1.88. The fourth-order valence-electron chi connectivity index (χ4n) is 2.22. The lowest BCUT2D eigenvalue weighted by Gasteiger charge is -2.19. The van der Waals surface area contributed by atoms with Gasteiger partial charge in [0.05, 0.1) is 6.54 Å². The largest absolute Gasteiger partial charge is 0.353 e. The highest BCUT2D eigenvalue weighted by molar-refractivity contribution is 5.78. The predicted molar refractivity (Wildman–Crippen MR) is 83.2 cm³/mol. The molecule has 4 heteroatoms. The van der Waals surface area contributed by atoms with Gasteiger partial charge in [0.2, 0.25) is 5.91 Å². The molecule has 0 bridgehead atoms. The molecule has 1 rings (SSSR count). The smallest absolute Gasteiger partial charge is 0.234 e. The molecule has 0 saturated carbocycles. The van der Waals surface area contributed by atoms with Crippen molar-refractivity contribution in [2.45, 2.75) is 45.8 Å². The number of hydrogen-bond acceptors (Lipinski definition) is 3. The van der Waals surface area contributed by atoms with Crippen molar-refractivity contribution in [1.82, 2.24) is 10.2 Å². The SMILES string of the molecule is CCCC(C)NC(=O)CN(C)Cc1ccc(CN)cc1. The van der Waals surface area contributed by atoms with Crippen LogP contribution in [0.1, 0.15) is 37.8 Å². The minimum Gasteiger partial charge on any atom is -0.353 e. The minimum absolute atomic E-state index is 0.0898. The normalized spacial score (nSPS) is 12.4. The van der Waals surface area contributed by atoms with Crippen LogP contribution in [0.4, 0.5) is 0 Å². The lowest BCUT2D eigenvalue weighted by atomic mass is 10.1. The Morgan fingerprint density at radius 2 is 1.90 bits per heavy atom. The fraction of sp³-hybridized carbons (Fsp3) is 0.562. The second kappa shape index (κ2) is 8.72. The molecular formula is C16H27N3O. The molecule has 0 aromatic heterocycles. The van der Waals surface area contributed by atoms with E-state index in [-0.39, 0.29) is 11.9 Å². The fourth-order valence-corrected chi connectivity index (χ4v) is 2.22. The Bertz CT molecular complexity index is 403. The third-order valence-corrected chi connectivity index (χ3v) is 3.25. The summed E-state index contributed by atoms with van der Waals surface area (Å²) in [5.74, 6) is 0.0898. The average Bonchev–Trinajstić information content (AvgIpc) is 2.39. The zero-order valence-corrected chi connectivity index (χ0v) is 12.9. The second-order valence-corrected chi connectivity index (χ2v) is 5.45. The molecule has 4 nitrogen and oxygen atoms in total. The van der Waals surface area contributed by atoms with Crippen LogP contribution < -0.4 is 11.1 Å². The highest BCUT2D eigenvalue weighted by Gasteiger charge is 2.09. The summed E-state index contributed by atoms with van der Waals surface area (Å²) in [6.45, 7) is 5.92. The van der Waals surface area contributed by atoms with Crippen molar-refractivity contribution in [2.24, 2.45) is 5.73 Å². The van der Waals surface area contributed by atoms with Crippen LogP contribution in [-0.2, 0) is 17.9 Å². The maximum Gasteiger partial charge on any atom is 0.234 e. The summed E-state index contributed by atoms with van der Waals surface area (Å²) < 4.78 is 0. The van der Waals surface area contributed by atoms with Crippen molar-refractivity contribution in [3.63, 3.8) is 0 Å². The number of amides is 1. The zero-order valence-electron chi connectivity index (χ0n) is 12.9. The first-order valence-corrected chi connectivity index (χ1v) is 7.31. The summed E-state index contributed by atoms with van der Waals surface area (Å²) in [7, 11) is 1.96. The van der Waals surface area contributed by atoms with Gasteiger partial charge in [0.25, 0.3) is 0 Å². The standard InChI is InChI=1S/C16H27N3O/c1-4-5-13(2)18-16(20)12-19(3)11-15-8-6-14(10-17)7-9-15/h6-9,13H,4-5,10-12,17H2,1-3H3,(H,18,20). The van der Waals surface area contributed by atoms with Gasteiger partial charge in [0, 0.05) is 19.1 Å². The summed E-state index contributed by atoms with van der Waals surface area (Å²) in [4.78, 5) is 13.9. The molecule has 1 amide bonds. The van der Waals surface area contributed by atoms with E-state index in [1.54, 1.807) is 0 Å². The number of rotatable bonds is 8. The van der Waals surface area contributed by atoms with Gasteiger partial charge in [-0.1, -0.05) is 37.6 Å². The average molecular weight is 277 g/mol. The van der Waals surface area contributed by atoms with E-state index in [1.807, 2.05) is 31.0 Å². The number of nitrogens with two attached hydrogens (primary N) is 1. The van der Waals surface area contributed by atoms with Crippen molar-refractivity contribution >= 4 is 5.91 Å². The van der Waals surface area contributed by atoms with Gasteiger partial charge in [-0.3, -0.25) is 9.69 Å². The molecule has 1 aromatic rings. The molecule has 0 spiro atoms. The van der Waals surface area contributed by atoms with Crippen molar-refractivity contribution in [2.75, 3.05) is 13.6 Å². The van der Waals surface area contributed by atoms with Gasteiger partial charge in [-0.15, -0.1) is 0 Å². The molecule has 3 N–H and O–H groups in total. The molecule has 20 heavy (non-hydrogen) atoms. The number of nitrogens with one attached hydrogen (secondary N) is 1. The van der Waals surface area contributed by atoms with Gasteiger partial charge in [0.15, 0.2) is 0 Å². The maximum absolute atomic E-state index is 11.9. The quantitative estimate of drug-likeness (QED) is 0.763. The first-order valence-electron chi connectivity index (χ1n) is 7.31. The number of carbonyl (C=O) groups excluding carboxylic acids is 1. The Morgan fingerprint density at radius 1 is 1.30 bits per heavy atom. The third kappa shape index (κ3) is 6.17. The minimum atomic E-state index is 0.0898. The van der Waals surface area contributed by atoms with Gasteiger partial charge in [-0.25, -0.2) is 0 Å². The van der Waals surface area contributed by atoms with Crippen LogP contribution in [0, 0.1) is 0 Å².